The van der Waals surface area contributed by atoms with Crippen LogP contribution in [-0.4, -0.2) is 64.9 Å². The Hall–Kier alpha value is -1.93. The molecule has 3 heterocycles. The van der Waals surface area contributed by atoms with Gasteiger partial charge in [-0.2, -0.15) is 5.10 Å². The highest BCUT2D eigenvalue weighted by atomic mass is 16.5. The second-order valence-electron chi connectivity index (χ2n) is 5.74. The Bertz CT molecular complexity index is 573. The summed E-state index contributed by atoms with van der Waals surface area (Å²) in [4.78, 5) is 28.0. The first kappa shape index (κ1) is 15.0. The van der Waals surface area contributed by atoms with Gasteiger partial charge < -0.3 is 20.3 Å². The number of hydrogen-bond acceptors (Lipinski definition) is 5. The van der Waals surface area contributed by atoms with Crippen molar-refractivity contribution in [2.75, 3.05) is 31.1 Å². The van der Waals surface area contributed by atoms with Crippen LogP contribution in [0.5, 0.6) is 0 Å². The molecule has 2 saturated heterocycles. The van der Waals surface area contributed by atoms with Gasteiger partial charge in [-0.25, -0.2) is 0 Å². The van der Waals surface area contributed by atoms with E-state index < -0.39 is 6.10 Å². The Morgan fingerprint density at radius 1 is 1.45 bits per heavy atom. The number of rotatable bonds is 3. The molecule has 0 bridgehead atoms. The topological polar surface area (TPSA) is 93.7 Å². The Morgan fingerprint density at radius 3 is 2.86 bits per heavy atom. The summed E-state index contributed by atoms with van der Waals surface area (Å²) in [6.45, 7) is 1.49. The maximum absolute atomic E-state index is 12.4. The molecule has 0 aliphatic carbocycles. The number of ether oxygens (including phenoxy) is 1. The summed E-state index contributed by atoms with van der Waals surface area (Å²) in [5.74, 6) is -0.198. The second kappa shape index (κ2) is 6.05. The van der Waals surface area contributed by atoms with Gasteiger partial charge in [-0.3, -0.25) is 14.3 Å². The number of nitrogens with zero attached hydrogens (tertiary/aromatic N) is 4. The predicted molar refractivity (Wildman–Crippen MR) is 79.1 cm³/mol. The van der Waals surface area contributed by atoms with Crippen LogP contribution in [0, 0.1) is 0 Å². The normalized spacial score (nSPS) is 25.8. The number of carbonyl (C=O) groups is 2. The molecule has 1 aromatic rings. The lowest BCUT2D eigenvalue weighted by Crippen LogP contribution is -2.54. The van der Waals surface area contributed by atoms with Crippen LogP contribution < -0.4 is 10.6 Å². The van der Waals surface area contributed by atoms with Gasteiger partial charge in [-0.15, -0.1) is 0 Å². The van der Waals surface area contributed by atoms with Gasteiger partial charge in [0.2, 0.25) is 5.91 Å². The molecule has 2 N–H and O–H groups in total. The molecule has 3 rings (SSSR count). The summed E-state index contributed by atoms with van der Waals surface area (Å²) >= 11 is 0. The van der Waals surface area contributed by atoms with Crippen molar-refractivity contribution in [3.8, 4) is 0 Å². The summed E-state index contributed by atoms with van der Waals surface area (Å²) < 4.78 is 7.27. The van der Waals surface area contributed by atoms with Crippen LogP contribution in [0.1, 0.15) is 12.8 Å². The van der Waals surface area contributed by atoms with E-state index in [1.165, 1.54) is 0 Å². The second-order valence-corrected chi connectivity index (χ2v) is 5.74. The fraction of sp³-hybridized carbons (Fsp3) is 0.643. The molecule has 8 nitrogen and oxygen atoms in total. The van der Waals surface area contributed by atoms with Gasteiger partial charge in [-0.1, -0.05) is 0 Å². The summed E-state index contributed by atoms with van der Waals surface area (Å²) in [6.07, 6.45) is 4.43. The van der Waals surface area contributed by atoms with Gasteiger partial charge in [0.15, 0.2) is 0 Å². The van der Waals surface area contributed by atoms with Crippen molar-refractivity contribution in [1.82, 2.24) is 14.7 Å². The molecule has 0 radical (unpaired) electrons. The molecule has 8 heteroatoms. The number of piperazine rings is 1. The lowest BCUT2D eigenvalue weighted by molar-refractivity contribution is -0.146. The average Bonchev–Trinajstić information content (AvgIpc) is 3.15. The van der Waals surface area contributed by atoms with E-state index in [1.54, 1.807) is 33.9 Å². The van der Waals surface area contributed by atoms with Crippen LogP contribution in [0.25, 0.3) is 0 Å². The number of nitrogens with two attached hydrogens (primary N) is 1. The smallest absolute Gasteiger partial charge is 0.252 e. The first-order valence-corrected chi connectivity index (χ1v) is 7.52. The fourth-order valence-corrected chi connectivity index (χ4v) is 2.95. The quantitative estimate of drug-likeness (QED) is 0.781. The Morgan fingerprint density at radius 2 is 2.27 bits per heavy atom. The van der Waals surface area contributed by atoms with Gasteiger partial charge in [0, 0.05) is 32.9 Å². The molecular weight excluding hydrogens is 286 g/mol. The maximum atomic E-state index is 12.4. The average molecular weight is 307 g/mol. The lowest BCUT2D eigenvalue weighted by atomic mass is 10.1. The summed E-state index contributed by atoms with van der Waals surface area (Å²) in [5, 5.41) is 4.07. The highest BCUT2D eigenvalue weighted by Gasteiger charge is 2.36. The summed E-state index contributed by atoms with van der Waals surface area (Å²) in [5.41, 5.74) is 6.33. The molecule has 22 heavy (non-hydrogen) atoms. The maximum Gasteiger partial charge on any atom is 0.252 e. The van der Waals surface area contributed by atoms with Gasteiger partial charge >= 0.3 is 0 Å². The minimum Gasteiger partial charge on any atom is -0.364 e. The number of anilines is 1. The SMILES string of the molecule is Cn1cc(N2CCN(C(=O)[C@@H]3CC[C@H](CN)O3)CC2=O)cn1. The largest absolute Gasteiger partial charge is 0.364 e. The molecule has 1 aromatic heterocycles. The van der Waals surface area contributed by atoms with E-state index in [9.17, 15) is 9.59 Å². The van der Waals surface area contributed by atoms with E-state index in [-0.39, 0.29) is 24.5 Å². The van der Waals surface area contributed by atoms with Crippen LogP contribution in [0.2, 0.25) is 0 Å². The molecular formula is C14H21N5O3. The zero-order chi connectivity index (χ0) is 15.7. The standard InChI is InChI=1S/C14H21N5O3/c1-17-8-10(7-16-17)19-5-4-18(9-13(19)20)14(21)12-3-2-11(6-15)22-12/h7-8,11-12H,2-6,9,15H2,1H3/t11-,12+/m1/s1. The summed E-state index contributed by atoms with van der Waals surface area (Å²) in [7, 11) is 1.80. The van der Waals surface area contributed by atoms with Crippen molar-refractivity contribution in [1.29, 1.82) is 0 Å². The minimum absolute atomic E-state index is 0.0404. The number of amides is 2. The highest BCUT2D eigenvalue weighted by Crippen LogP contribution is 2.22. The molecule has 2 fully saturated rings. The third-order valence-electron chi connectivity index (χ3n) is 4.18. The van der Waals surface area contributed by atoms with Crippen molar-refractivity contribution in [3.63, 3.8) is 0 Å². The molecule has 0 unspecified atom stereocenters. The van der Waals surface area contributed by atoms with E-state index in [1.807, 2.05) is 0 Å². The summed E-state index contributed by atoms with van der Waals surface area (Å²) in [6, 6.07) is 0. The van der Waals surface area contributed by atoms with Crippen molar-refractivity contribution < 1.29 is 14.3 Å². The molecule has 2 atom stereocenters. The fourth-order valence-electron chi connectivity index (χ4n) is 2.95. The van der Waals surface area contributed by atoms with Gasteiger partial charge in [-0.05, 0) is 12.8 Å². The van der Waals surface area contributed by atoms with Gasteiger partial charge in [0.1, 0.15) is 12.6 Å². The zero-order valence-electron chi connectivity index (χ0n) is 12.6. The number of hydrogen-bond donors (Lipinski definition) is 1. The van der Waals surface area contributed by atoms with Crippen LogP contribution in [-0.2, 0) is 21.4 Å². The molecule has 2 aliphatic heterocycles. The number of aromatic nitrogens is 2. The Kier molecular flexibility index (Phi) is 4.12. The van der Waals surface area contributed by atoms with Crippen molar-refractivity contribution in [2.24, 2.45) is 12.8 Å². The zero-order valence-corrected chi connectivity index (χ0v) is 12.6. The first-order chi connectivity index (χ1) is 10.6. The molecule has 120 valence electrons. The molecule has 2 amide bonds. The van der Waals surface area contributed by atoms with E-state index >= 15 is 0 Å². The monoisotopic (exact) mass is 307 g/mol. The van der Waals surface area contributed by atoms with Crippen LogP contribution in [0.4, 0.5) is 5.69 Å². The minimum atomic E-state index is -0.453. The highest BCUT2D eigenvalue weighted by molar-refractivity contribution is 5.98. The van der Waals surface area contributed by atoms with E-state index in [4.69, 9.17) is 10.5 Å². The van der Waals surface area contributed by atoms with Crippen LogP contribution in [0.15, 0.2) is 12.4 Å². The van der Waals surface area contributed by atoms with Crippen molar-refractivity contribution in [2.45, 2.75) is 25.0 Å². The van der Waals surface area contributed by atoms with Gasteiger partial charge in [0.25, 0.3) is 5.91 Å². The van der Waals surface area contributed by atoms with Crippen molar-refractivity contribution in [3.05, 3.63) is 12.4 Å². The molecule has 0 saturated carbocycles. The predicted octanol–water partition coefficient (Wildman–Crippen LogP) is -0.898. The Balaban J connectivity index is 1.60. The van der Waals surface area contributed by atoms with Crippen LogP contribution >= 0.6 is 0 Å². The third kappa shape index (κ3) is 2.84. The number of aryl methyl sites for hydroxylation is 1. The molecule has 2 aliphatic rings. The van der Waals surface area contributed by atoms with E-state index in [2.05, 4.69) is 5.10 Å². The molecule has 0 spiro atoms. The Labute approximate surface area is 128 Å². The van der Waals surface area contributed by atoms with E-state index in [0.29, 0.717) is 26.1 Å². The van der Waals surface area contributed by atoms with Gasteiger partial charge in [0.05, 0.1) is 18.0 Å². The van der Waals surface area contributed by atoms with Crippen LogP contribution in [0.3, 0.4) is 0 Å². The molecule has 0 aromatic carbocycles. The lowest BCUT2D eigenvalue weighted by Gasteiger charge is -2.34. The third-order valence-corrected chi connectivity index (χ3v) is 4.18. The first-order valence-electron chi connectivity index (χ1n) is 7.52. The van der Waals surface area contributed by atoms with E-state index in [0.717, 1.165) is 12.1 Å². The number of carbonyl (C=O) groups excluding carboxylic acids is 2. The van der Waals surface area contributed by atoms with Crippen molar-refractivity contribution >= 4 is 17.5 Å².